The SMILES string of the molecule is Cc1cc(N)ccc1S(=O)(=O)Cc1ccc(C#N)cc1F. The number of hydrogen-bond acceptors (Lipinski definition) is 4. The molecule has 6 heteroatoms. The Morgan fingerprint density at radius 2 is 1.95 bits per heavy atom. The summed E-state index contributed by atoms with van der Waals surface area (Å²) >= 11 is 0. The lowest BCUT2D eigenvalue weighted by Gasteiger charge is -2.09. The Bertz CT molecular complexity index is 839. The largest absolute Gasteiger partial charge is 0.399 e. The van der Waals surface area contributed by atoms with Crippen LogP contribution in [0.25, 0.3) is 0 Å². The van der Waals surface area contributed by atoms with E-state index in [1.807, 2.05) is 0 Å². The maximum absolute atomic E-state index is 13.8. The van der Waals surface area contributed by atoms with Crippen molar-refractivity contribution < 1.29 is 12.8 Å². The molecule has 0 saturated heterocycles. The molecule has 0 heterocycles. The molecule has 0 bridgehead atoms. The highest BCUT2D eigenvalue weighted by molar-refractivity contribution is 7.90. The van der Waals surface area contributed by atoms with Gasteiger partial charge in [0.25, 0.3) is 0 Å². The number of nitrogens with zero attached hydrogens (tertiary/aromatic N) is 1. The Labute approximate surface area is 122 Å². The van der Waals surface area contributed by atoms with Gasteiger partial charge in [-0.3, -0.25) is 0 Å². The number of anilines is 1. The number of aryl methyl sites for hydroxylation is 1. The van der Waals surface area contributed by atoms with Gasteiger partial charge in [-0.2, -0.15) is 5.26 Å². The first-order valence-electron chi connectivity index (χ1n) is 6.11. The second kappa shape index (κ2) is 5.54. The molecule has 2 rings (SSSR count). The van der Waals surface area contributed by atoms with E-state index in [2.05, 4.69) is 0 Å². The van der Waals surface area contributed by atoms with E-state index in [1.54, 1.807) is 19.1 Å². The number of halogens is 1. The molecule has 0 spiro atoms. The van der Waals surface area contributed by atoms with Gasteiger partial charge in [0.15, 0.2) is 9.84 Å². The molecular weight excluding hydrogens is 291 g/mol. The average Bonchev–Trinajstić information content (AvgIpc) is 2.40. The van der Waals surface area contributed by atoms with Crippen molar-refractivity contribution in [2.24, 2.45) is 0 Å². The molecule has 0 amide bonds. The van der Waals surface area contributed by atoms with E-state index >= 15 is 0 Å². The third-order valence-electron chi connectivity index (χ3n) is 3.06. The number of nitrogens with two attached hydrogens (primary N) is 1. The summed E-state index contributed by atoms with van der Waals surface area (Å²) in [6.07, 6.45) is 0. The van der Waals surface area contributed by atoms with Crippen LogP contribution in [0.4, 0.5) is 10.1 Å². The predicted molar refractivity (Wildman–Crippen MR) is 77.6 cm³/mol. The van der Waals surface area contributed by atoms with Crippen LogP contribution in [-0.4, -0.2) is 8.42 Å². The van der Waals surface area contributed by atoms with Gasteiger partial charge < -0.3 is 5.73 Å². The lowest BCUT2D eigenvalue weighted by molar-refractivity contribution is 0.586. The Kier molecular flexibility index (Phi) is 3.96. The third-order valence-corrected chi connectivity index (χ3v) is 4.88. The Morgan fingerprint density at radius 1 is 1.24 bits per heavy atom. The molecule has 0 unspecified atom stereocenters. The van der Waals surface area contributed by atoms with Gasteiger partial charge in [0.05, 0.1) is 22.3 Å². The lowest BCUT2D eigenvalue weighted by atomic mass is 10.1. The van der Waals surface area contributed by atoms with E-state index in [4.69, 9.17) is 11.0 Å². The maximum Gasteiger partial charge on any atom is 0.182 e. The molecule has 0 radical (unpaired) electrons. The molecule has 21 heavy (non-hydrogen) atoms. The molecule has 2 aromatic carbocycles. The van der Waals surface area contributed by atoms with E-state index in [0.29, 0.717) is 11.3 Å². The van der Waals surface area contributed by atoms with Crippen molar-refractivity contribution >= 4 is 15.5 Å². The van der Waals surface area contributed by atoms with Crippen LogP contribution in [0.5, 0.6) is 0 Å². The van der Waals surface area contributed by atoms with E-state index in [-0.39, 0.29) is 16.0 Å². The van der Waals surface area contributed by atoms with Gasteiger partial charge in [0.2, 0.25) is 0 Å². The fourth-order valence-corrected chi connectivity index (χ4v) is 3.66. The highest BCUT2D eigenvalue weighted by Gasteiger charge is 2.20. The molecule has 2 N–H and O–H groups in total. The average molecular weight is 304 g/mol. The zero-order valence-corrected chi connectivity index (χ0v) is 12.1. The summed E-state index contributed by atoms with van der Waals surface area (Å²) in [5.41, 5.74) is 6.76. The van der Waals surface area contributed by atoms with E-state index in [9.17, 15) is 12.8 Å². The van der Waals surface area contributed by atoms with Gasteiger partial charge >= 0.3 is 0 Å². The first-order chi connectivity index (χ1) is 9.83. The normalized spacial score (nSPS) is 11.1. The topological polar surface area (TPSA) is 84.0 Å². The summed E-state index contributed by atoms with van der Waals surface area (Å²) in [5.74, 6) is -1.17. The summed E-state index contributed by atoms with van der Waals surface area (Å²) in [6, 6.07) is 10.0. The maximum atomic E-state index is 13.8. The third kappa shape index (κ3) is 3.20. The van der Waals surface area contributed by atoms with E-state index in [0.717, 1.165) is 6.07 Å². The molecule has 0 aliphatic heterocycles. The minimum atomic E-state index is -3.68. The standard InChI is InChI=1S/C15H13FN2O2S/c1-10-6-13(18)4-5-15(10)21(19,20)9-12-3-2-11(8-17)7-14(12)16/h2-7H,9,18H2,1H3. The molecule has 4 nitrogen and oxygen atoms in total. The zero-order valence-electron chi connectivity index (χ0n) is 11.3. The summed E-state index contributed by atoms with van der Waals surface area (Å²) in [7, 11) is -3.68. The molecule has 108 valence electrons. The van der Waals surface area contributed by atoms with E-state index in [1.165, 1.54) is 24.3 Å². The Balaban J connectivity index is 2.40. The molecule has 0 fully saturated rings. The van der Waals surface area contributed by atoms with Crippen molar-refractivity contribution in [3.05, 3.63) is 58.9 Å². The lowest BCUT2D eigenvalue weighted by Crippen LogP contribution is -2.08. The van der Waals surface area contributed by atoms with Crippen molar-refractivity contribution in [1.82, 2.24) is 0 Å². The van der Waals surface area contributed by atoms with Crippen molar-refractivity contribution in [3.8, 4) is 6.07 Å². The van der Waals surface area contributed by atoms with Crippen molar-refractivity contribution in [1.29, 1.82) is 5.26 Å². The second-order valence-electron chi connectivity index (χ2n) is 4.70. The van der Waals surface area contributed by atoms with Crippen molar-refractivity contribution in [3.63, 3.8) is 0 Å². The summed E-state index contributed by atoms with van der Waals surface area (Å²) in [5, 5.41) is 8.68. The molecule has 0 aromatic heterocycles. The molecule has 2 aromatic rings. The molecule has 0 aliphatic rings. The number of sulfone groups is 1. The van der Waals surface area contributed by atoms with Crippen LogP contribution in [0, 0.1) is 24.1 Å². The number of hydrogen-bond donors (Lipinski definition) is 1. The van der Waals surface area contributed by atoms with Crippen LogP contribution in [0.3, 0.4) is 0 Å². The van der Waals surface area contributed by atoms with Gasteiger partial charge in [0.1, 0.15) is 5.82 Å². The second-order valence-corrected chi connectivity index (χ2v) is 6.66. The number of nitriles is 1. The van der Waals surface area contributed by atoms with Gasteiger partial charge in [-0.1, -0.05) is 6.07 Å². The fraction of sp³-hybridized carbons (Fsp3) is 0.133. The molecule has 0 aliphatic carbocycles. The molecule has 0 saturated carbocycles. The highest BCUT2D eigenvalue weighted by atomic mass is 32.2. The van der Waals surface area contributed by atoms with Crippen LogP contribution < -0.4 is 5.73 Å². The number of rotatable bonds is 3. The van der Waals surface area contributed by atoms with Gasteiger partial charge in [-0.05, 0) is 42.8 Å². The van der Waals surface area contributed by atoms with Crippen molar-refractivity contribution in [2.45, 2.75) is 17.6 Å². The van der Waals surface area contributed by atoms with Gasteiger partial charge in [-0.15, -0.1) is 0 Å². The zero-order chi connectivity index (χ0) is 15.6. The van der Waals surface area contributed by atoms with Crippen LogP contribution >= 0.6 is 0 Å². The van der Waals surface area contributed by atoms with Gasteiger partial charge in [-0.25, -0.2) is 12.8 Å². The minimum absolute atomic E-state index is 0.0326. The van der Waals surface area contributed by atoms with E-state index < -0.39 is 21.4 Å². The summed E-state index contributed by atoms with van der Waals surface area (Å²) in [4.78, 5) is 0.125. The number of nitrogen functional groups attached to an aromatic ring is 1. The van der Waals surface area contributed by atoms with Crippen LogP contribution in [0.1, 0.15) is 16.7 Å². The highest BCUT2D eigenvalue weighted by Crippen LogP contribution is 2.23. The van der Waals surface area contributed by atoms with Crippen LogP contribution in [-0.2, 0) is 15.6 Å². The van der Waals surface area contributed by atoms with Gasteiger partial charge in [0, 0.05) is 11.3 Å². The first kappa shape index (κ1) is 15.0. The van der Waals surface area contributed by atoms with Crippen LogP contribution in [0.2, 0.25) is 0 Å². The smallest absolute Gasteiger partial charge is 0.182 e. The minimum Gasteiger partial charge on any atom is -0.399 e. The predicted octanol–water partition coefficient (Wildman–Crippen LogP) is 2.56. The van der Waals surface area contributed by atoms with Crippen molar-refractivity contribution in [2.75, 3.05) is 5.73 Å². The number of benzene rings is 2. The molecular formula is C15H13FN2O2S. The van der Waals surface area contributed by atoms with Crippen LogP contribution in [0.15, 0.2) is 41.3 Å². The summed E-state index contributed by atoms with van der Waals surface area (Å²) < 4.78 is 38.5. The monoisotopic (exact) mass is 304 g/mol. The Morgan fingerprint density at radius 3 is 2.52 bits per heavy atom. The fourth-order valence-electron chi connectivity index (χ4n) is 2.04. The first-order valence-corrected chi connectivity index (χ1v) is 7.76. The Hall–Kier alpha value is -2.39. The quantitative estimate of drug-likeness (QED) is 0.883. The molecule has 0 atom stereocenters. The summed E-state index contributed by atoms with van der Waals surface area (Å²) in [6.45, 7) is 1.64.